The molecular weight excluding hydrogens is 243 g/mol. The molecule has 1 rings (SSSR count). The second kappa shape index (κ2) is 3.34. The third-order valence-corrected chi connectivity index (χ3v) is 1.88. The molecule has 10 heavy (non-hydrogen) atoms. The lowest BCUT2D eigenvalue weighted by atomic mass is 10.4. The van der Waals surface area contributed by atoms with E-state index in [0.717, 1.165) is 10.1 Å². The van der Waals surface area contributed by atoms with E-state index in [-0.39, 0.29) is 6.04 Å². The zero-order chi connectivity index (χ0) is 7.56. The summed E-state index contributed by atoms with van der Waals surface area (Å²) in [5, 5.41) is 0. The van der Waals surface area contributed by atoms with Crippen molar-refractivity contribution in [3.8, 4) is 0 Å². The highest BCUT2D eigenvalue weighted by Gasteiger charge is 2.05. The van der Waals surface area contributed by atoms with Crippen molar-refractivity contribution < 1.29 is 4.42 Å². The SMILES string of the molecule is C[C@H](N)c1nc(CI)co1. The van der Waals surface area contributed by atoms with Gasteiger partial charge in [0, 0.05) is 4.43 Å². The maximum Gasteiger partial charge on any atom is 0.210 e. The van der Waals surface area contributed by atoms with Gasteiger partial charge in [-0.05, 0) is 6.92 Å². The van der Waals surface area contributed by atoms with Gasteiger partial charge in [-0.25, -0.2) is 4.98 Å². The van der Waals surface area contributed by atoms with E-state index < -0.39 is 0 Å². The van der Waals surface area contributed by atoms with Crippen LogP contribution in [0.4, 0.5) is 0 Å². The Morgan fingerprint density at radius 2 is 2.60 bits per heavy atom. The normalized spacial score (nSPS) is 13.5. The first-order valence-corrected chi connectivity index (χ1v) is 4.52. The summed E-state index contributed by atoms with van der Waals surface area (Å²) in [7, 11) is 0. The molecule has 0 aliphatic rings. The van der Waals surface area contributed by atoms with Crippen LogP contribution in [0.3, 0.4) is 0 Å². The van der Waals surface area contributed by atoms with Gasteiger partial charge in [-0.1, -0.05) is 22.6 Å². The summed E-state index contributed by atoms with van der Waals surface area (Å²) in [6, 6.07) is -0.100. The molecule has 0 aliphatic heterocycles. The first kappa shape index (κ1) is 8.00. The highest BCUT2D eigenvalue weighted by atomic mass is 127. The number of nitrogens with two attached hydrogens (primary N) is 1. The van der Waals surface area contributed by atoms with Crippen LogP contribution in [0.1, 0.15) is 24.6 Å². The van der Waals surface area contributed by atoms with Crippen molar-refractivity contribution >= 4 is 22.6 Å². The van der Waals surface area contributed by atoms with Gasteiger partial charge in [0.2, 0.25) is 5.89 Å². The summed E-state index contributed by atoms with van der Waals surface area (Å²) in [4.78, 5) is 4.13. The lowest BCUT2D eigenvalue weighted by Gasteiger charge is -1.94. The van der Waals surface area contributed by atoms with Crippen molar-refractivity contribution in [2.75, 3.05) is 0 Å². The molecule has 1 aromatic rings. The second-order valence-corrected chi connectivity index (χ2v) is 2.86. The fourth-order valence-corrected chi connectivity index (χ4v) is 0.944. The van der Waals surface area contributed by atoms with Crippen LogP contribution in [0, 0.1) is 0 Å². The summed E-state index contributed by atoms with van der Waals surface area (Å²) in [6.07, 6.45) is 1.64. The van der Waals surface area contributed by atoms with Crippen LogP contribution in [-0.4, -0.2) is 4.98 Å². The van der Waals surface area contributed by atoms with Gasteiger partial charge in [0.25, 0.3) is 0 Å². The monoisotopic (exact) mass is 252 g/mol. The smallest absolute Gasteiger partial charge is 0.210 e. The average Bonchev–Trinajstić information content (AvgIpc) is 2.34. The lowest BCUT2D eigenvalue weighted by molar-refractivity contribution is 0.463. The van der Waals surface area contributed by atoms with Crippen LogP contribution in [0.25, 0.3) is 0 Å². The third kappa shape index (κ3) is 1.69. The molecule has 0 radical (unpaired) electrons. The Bertz CT molecular complexity index is 209. The molecule has 4 heteroatoms. The molecule has 1 heterocycles. The number of aromatic nitrogens is 1. The minimum absolute atomic E-state index is 0.100. The number of halogens is 1. The molecule has 0 aromatic carbocycles. The van der Waals surface area contributed by atoms with E-state index in [1.165, 1.54) is 0 Å². The molecule has 56 valence electrons. The molecule has 2 N–H and O–H groups in total. The Morgan fingerprint density at radius 3 is 2.90 bits per heavy atom. The maximum atomic E-state index is 5.52. The Labute approximate surface area is 73.1 Å². The predicted molar refractivity (Wildman–Crippen MR) is 46.8 cm³/mol. The molecule has 3 nitrogen and oxygen atoms in total. The highest BCUT2D eigenvalue weighted by molar-refractivity contribution is 14.1. The van der Waals surface area contributed by atoms with E-state index in [4.69, 9.17) is 10.2 Å². The average molecular weight is 252 g/mol. The molecule has 0 unspecified atom stereocenters. The maximum absolute atomic E-state index is 5.52. The van der Waals surface area contributed by atoms with E-state index in [1.54, 1.807) is 6.26 Å². The molecule has 0 spiro atoms. The Hall–Kier alpha value is -0.100. The lowest BCUT2D eigenvalue weighted by Crippen LogP contribution is -2.04. The van der Waals surface area contributed by atoms with Gasteiger partial charge in [0.05, 0.1) is 11.7 Å². The van der Waals surface area contributed by atoms with Gasteiger partial charge in [-0.2, -0.15) is 0 Å². The number of nitrogens with zero attached hydrogens (tertiary/aromatic N) is 1. The molecule has 0 saturated carbocycles. The van der Waals surface area contributed by atoms with Crippen molar-refractivity contribution in [3.63, 3.8) is 0 Å². The zero-order valence-corrected chi connectivity index (χ0v) is 7.83. The highest BCUT2D eigenvalue weighted by Crippen LogP contribution is 2.10. The van der Waals surface area contributed by atoms with E-state index >= 15 is 0 Å². The summed E-state index contributed by atoms with van der Waals surface area (Å²) < 4.78 is 5.95. The minimum Gasteiger partial charge on any atom is -0.447 e. The summed E-state index contributed by atoms with van der Waals surface area (Å²) in [6.45, 7) is 1.85. The van der Waals surface area contributed by atoms with Crippen molar-refractivity contribution in [2.45, 2.75) is 17.4 Å². The largest absolute Gasteiger partial charge is 0.447 e. The van der Waals surface area contributed by atoms with Crippen LogP contribution >= 0.6 is 22.6 Å². The molecule has 0 aliphatic carbocycles. The predicted octanol–water partition coefficient (Wildman–Crippen LogP) is 1.63. The fraction of sp³-hybridized carbons (Fsp3) is 0.500. The molecule has 0 fully saturated rings. The molecule has 1 atom stereocenters. The molecule has 1 aromatic heterocycles. The molecular formula is C6H9IN2O. The van der Waals surface area contributed by atoms with Crippen molar-refractivity contribution in [3.05, 3.63) is 17.8 Å². The summed E-state index contributed by atoms with van der Waals surface area (Å²) >= 11 is 2.23. The first-order valence-electron chi connectivity index (χ1n) is 3.00. The standard InChI is InChI=1S/C6H9IN2O/c1-4(8)6-9-5(2-7)3-10-6/h3-4H,2,8H2,1H3/t4-/m0/s1. The Morgan fingerprint density at radius 1 is 1.90 bits per heavy atom. The van der Waals surface area contributed by atoms with Crippen LogP contribution in [0.15, 0.2) is 10.7 Å². The number of hydrogen-bond donors (Lipinski definition) is 1. The van der Waals surface area contributed by atoms with Gasteiger partial charge >= 0.3 is 0 Å². The van der Waals surface area contributed by atoms with Gasteiger partial charge in [0.1, 0.15) is 6.26 Å². The first-order chi connectivity index (χ1) is 4.74. The quantitative estimate of drug-likeness (QED) is 0.642. The number of alkyl halides is 1. The van der Waals surface area contributed by atoms with Gasteiger partial charge in [0.15, 0.2) is 0 Å². The van der Waals surface area contributed by atoms with E-state index in [9.17, 15) is 0 Å². The fourth-order valence-electron chi connectivity index (χ4n) is 0.593. The molecule has 0 amide bonds. The second-order valence-electron chi connectivity index (χ2n) is 2.10. The number of rotatable bonds is 2. The number of hydrogen-bond acceptors (Lipinski definition) is 3. The summed E-state index contributed by atoms with van der Waals surface area (Å²) in [5.41, 5.74) is 6.47. The molecule has 0 bridgehead atoms. The van der Waals surface area contributed by atoms with Gasteiger partial charge < -0.3 is 10.2 Å². The van der Waals surface area contributed by atoms with Crippen LogP contribution in [-0.2, 0) is 4.43 Å². The van der Waals surface area contributed by atoms with Crippen LogP contribution in [0.5, 0.6) is 0 Å². The molecule has 0 saturated heterocycles. The third-order valence-electron chi connectivity index (χ3n) is 1.10. The van der Waals surface area contributed by atoms with Gasteiger partial charge in [-0.15, -0.1) is 0 Å². The Kier molecular flexibility index (Phi) is 2.67. The van der Waals surface area contributed by atoms with E-state index in [2.05, 4.69) is 27.6 Å². The van der Waals surface area contributed by atoms with Crippen LogP contribution in [0.2, 0.25) is 0 Å². The zero-order valence-electron chi connectivity index (χ0n) is 5.67. The van der Waals surface area contributed by atoms with Crippen molar-refractivity contribution in [1.82, 2.24) is 4.98 Å². The number of oxazole rings is 1. The topological polar surface area (TPSA) is 52.0 Å². The minimum atomic E-state index is -0.100. The van der Waals surface area contributed by atoms with E-state index in [0.29, 0.717) is 5.89 Å². The van der Waals surface area contributed by atoms with E-state index in [1.807, 2.05) is 6.92 Å². The van der Waals surface area contributed by atoms with Gasteiger partial charge in [-0.3, -0.25) is 0 Å². The summed E-state index contributed by atoms with van der Waals surface area (Å²) in [5.74, 6) is 0.617. The van der Waals surface area contributed by atoms with Crippen molar-refractivity contribution in [1.29, 1.82) is 0 Å². The Balaban J connectivity index is 2.78. The van der Waals surface area contributed by atoms with Crippen molar-refractivity contribution in [2.24, 2.45) is 5.73 Å². The van der Waals surface area contributed by atoms with Crippen LogP contribution < -0.4 is 5.73 Å².